The molecule has 0 aromatic heterocycles. The molecule has 2 N–H and O–H groups in total. The van der Waals surface area contributed by atoms with Gasteiger partial charge in [-0.1, -0.05) is 23.7 Å². The maximum Gasteiger partial charge on any atom is 0.266 e. The smallest absolute Gasteiger partial charge is 0.266 e. The van der Waals surface area contributed by atoms with Crippen LogP contribution in [0, 0.1) is 25.2 Å². The summed E-state index contributed by atoms with van der Waals surface area (Å²) in [4.78, 5) is 24.7. The summed E-state index contributed by atoms with van der Waals surface area (Å²) >= 11 is 6.29. The molecule has 7 nitrogen and oxygen atoms in total. The highest BCUT2D eigenvalue weighted by Crippen LogP contribution is 2.27. The van der Waals surface area contributed by atoms with Gasteiger partial charge in [-0.2, -0.15) is 5.26 Å². The minimum absolute atomic E-state index is 0.0988. The second kappa shape index (κ2) is 11.7. The Bertz CT molecular complexity index is 1310. The Morgan fingerprint density at radius 3 is 2.31 bits per heavy atom. The number of methoxy groups -OCH3 is 1. The minimum atomic E-state index is -0.558. The van der Waals surface area contributed by atoms with E-state index in [1.807, 2.05) is 38.1 Å². The molecule has 0 spiro atoms. The van der Waals surface area contributed by atoms with Crippen molar-refractivity contribution >= 4 is 40.9 Å². The van der Waals surface area contributed by atoms with Crippen molar-refractivity contribution in [3.63, 3.8) is 0 Å². The van der Waals surface area contributed by atoms with E-state index >= 15 is 0 Å². The van der Waals surface area contributed by atoms with Crippen molar-refractivity contribution in [2.75, 3.05) is 24.4 Å². The van der Waals surface area contributed by atoms with Gasteiger partial charge in [0, 0.05) is 11.4 Å². The third-order valence-corrected chi connectivity index (χ3v) is 5.42. The predicted molar refractivity (Wildman–Crippen MR) is 137 cm³/mol. The van der Waals surface area contributed by atoms with Gasteiger partial charge in [0.05, 0.1) is 12.1 Å². The number of benzene rings is 3. The number of nitriles is 1. The standard InChI is InChI=1S/C27H24ClN3O4/c1-17-4-6-22(12-18(17)2)30-26(32)16-35-25-11-5-19(14-24(25)28)13-20(15-29)27(33)31-21-7-9-23(34-3)10-8-21/h4-14H,16H2,1-3H3,(H,30,32)(H,31,33)/b20-13-. The number of halogens is 1. The number of anilines is 2. The molecule has 0 heterocycles. The molecule has 0 aliphatic carbocycles. The fourth-order valence-corrected chi connectivity index (χ4v) is 3.32. The summed E-state index contributed by atoms with van der Waals surface area (Å²) in [6, 6.07) is 19.1. The van der Waals surface area contributed by atoms with Crippen LogP contribution in [0.4, 0.5) is 11.4 Å². The van der Waals surface area contributed by atoms with Gasteiger partial charge >= 0.3 is 0 Å². The molecular weight excluding hydrogens is 466 g/mol. The molecule has 0 fully saturated rings. The lowest BCUT2D eigenvalue weighted by molar-refractivity contribution is -0.118. The number of carbonyl (C=O) groups excluding carboxylic acids is 2. The van der Waals surface area contributed by atoms with E-state index in [2.05, 4.69) is 10.6 Å². The van der Waals surface area contributed by atoms with Crippen molar-refractivity contribution in [3.8, 4) is 17.6 Å². The SMILES string of the molecule is COc1ccc(NC(=O)/C(C#N)=C\c2ccc(OCC(=O)Nc3ccc(C)c(C)c3)c(Cl)c2)cc1. The zero-order valence-corrected chi connectivity index (χ0v) is 20.3. The number of rotatable bonds is 8. The van der Waals surface area contributed by atoms with E-state index in [0.29, 0.717) is 28.4 Å². The lowest BCUT2D eigenvalue weighted by atomic mass is 10.1. The lowest BCUT2D eigenvalue weighted by Crippen LogP contribution is -2.20. The first kappa shape index (κ1) is 25.3. The molecule has 3 aromatic carbocycles. The Balaban J connectivity index is 1.62. The second-order valence-electron chi connectivity index (χ2n) is 7.68. The van der Waals surface area contributed by atoms with Crippen molar-refractivity contribution in [2.45, 2.75) is 13.8 Å². The highest BCUT2D eigenvalue weighted by Gasteiger charge is 2.12. The van der Waals surface area contributed by atoms with Crippen LogP contribution in [0.15, 0.2) is 66.2 Å². The van der Waals surface area contributed by atoms with Gasteiger partial charge in [-0.05, 0) is 85.1 Å². The van der Waals surface area contributed by atoms with Crippen LogP contribution in [-0.2, 0) is 9.59 Å². The number of ether oxygens (including phenoxy) is 2. The lowest BCUT2D eigenvalue weighted by Gasteiger charge is -2.10. The van der Waals surface area contributed by atoms with Gasteiger partial charge < -0.3 is 20.1 Å². The number of nitrogens with one attached hydrogen (secondary N) is 2. The third-order valence-electron chi connectivity index (χ3n) is 5.13. The maximum absolute atomic E-state index is 12.5. The molecule has 3 rings (SSSR count). The van der Waals surface area contributed by atoms with Gasteiger partial charge in [0.2, 0.25) is 0 Å². The summed E-state index contributed by atoms with van der Waals surface area (Å²) in [5.74, 6) is 0.0753. The molecule has 2 amide bonds. The van der Waals surface area contributed by atoms with E-state index in [4.69, 9.17) is 21.1 Å². The average Bonchev–Trinajstić information content (AvgIpc) is 2.84. The monoisotopic (exact) mass is 489 g/mol. The van der Waals surface area contributed by atoms with Crippen molar-refractivity contribution in [1.82, 2.24) is 0 Å². The number of hydrogen-bond donors (Lipinski definition) is 2. The molecule has 0 saturated heterocycles. The highest BCUT2D eigenvalue weighted by molar-refractivity contribution is 6.32. The molecule has 0 aliphatic heterocycles. The molecule has 0 aliphatic rings. The van der Waals surface area contributed by atoms with Crippen molar-refractivity contribution in [2.24, 2.45) is 0 Å². The molecular formula is C27H24ClN3O4. The van der Waals surface area contributed by atoms with Gasteiger partial charge in [-0.3, -0.25) is 9.59 Å². The van der Waals surface area contributed by atoms with E-state index in [9.17, 15) is 14.9 Å². The molecule has 0 bridgehead atoms. The molecule has 0 saturated carbocycles. The second-order valence-corrected chi connectivity index (χ2v) is 8.09. The number of carbonyl (C=O) groups is 2. The fourth-order valence-electron chi connectivity index (χ4n) is 3.07. The predicted octanol–water partition coefficient (Wildman–Crippen LogP) is 5.53. The molecule has 0 unspecified atom stereocenters. The molecule has 178 valence electrons. The largest absolute Gasteiger partial charge is 0.497 e. The topological polar surface area (TPSA) is 100 Å². The number of aryl methyl sites for hydroxylation is 2. The van der Waals surface area contributed by atoms with Gasteiger partial charge in [-0.15, -0.1) is 0 Å². The first-order valence-electron chi connectivity index (χ1n) is 10.7. The molecule has 3 aromatic rings. The van der Waals surface area contributed by atoms with E-state index in [0.717, 1.165) is 11.1 Å². The van der Waals surface area contributed by atoms with Crippen LogP contribution in [0.2, 0.25) is 5.02 Å². The number of nitrogens with zero attached hydrogens (tertiary/aromatic N) is 1. The van der Waals surface area contributed by atoms with Crippen LogP contribution in [0.25, 0.3) is 6.08 Å². The van der Waals surface area contributed by atoms with Crippen LogP contribution in [0.5, 0.6) is 11.5 Å². The molecule has 35 heavy (non-hydrogen) atoms. The quantitative estimate of drug-likeness (QED) is 0.320. The molecule has 0 radical (unpaired) electrons. The van der Waals surface area contributed by atoms with E-state index < -0.39 is 5.91 Å². The molecule has 0 atom stereocenters. The van der Waals surface area contributed by atoms with Crippen LogP contribution < -0.4 is 20.1 Å². The van der Waals surface area contributed by atoms with Gasteiger partial charge in [-0.25, -0.2) is 0 Å². The normalized spacial score (nSPS) is 10.8. The van der Waals surface area contributed by atoms with Crippen LogP contribution in [0.1, 0.15) is 16.7 Å². The highest BCUT2D eigenvalue weighted by atomic mass is 35.5. The Morgan fingerprint density at radius 2 is 1.69 bits per heavy atom. The first-order chi connectivity index (χ1) is 16.8. The minimum Gasteiger partial charge on any atom is -0.497 e. The third kappa shape index (κ3) is 7.10. The fraction of sp³-hybridized carbons (Fsp3) is 0.148. The van der Waals surface area contributed by atoms with Gasteiger partial charge in [0.15, 0.2) is 6.61 Å². The van der Waals surface area contributed by atoms with Gasteiger partial charge in [0.25, 0.3) is 11.8 Å². The van der Waals surface area contributed by atoms with Crippen molar-refractivity contribution < 1.29 is 19.1 Å². The number of amides is 2. The maximum atomic E-state index is 12.5. The Morgan fingerprint density at radius 1 is 0.971 bits per heavy atom. The zero-order chi connectivity index (χ0) is 25.4. The Kier molecular flexibility index (Phi) is 8.49. The Labute approximate surface area is 208 Å². The molecule has 8 heteroatoms. The van der Waals surface area contributed by atoms with E-state index in [1.165, 1.54) is 6.08 Å². The van der Waals surface area contributed by atoms with Gasteiger partial charge in [0.1, 0.15) is 23.1 Å². The zero-order valence-electron chi connectivity index (χ0n) is 19.5. The van der Waals surface area contributed by atoms with Crippen LogP contribution >= 0.6 is 11.6 Å². The van der Waals surface area contributed by atoms with Crippen LogP contribution in [0.3, 0.4) is 0 Å². The summed E-state index contributed by atoms with van der Waals surface area (Å²) in [5.41, 5.74) is 3.85. The number of hydrogen-bond acceptors (Lipinski definition) is 5. The summed E-state index contributed by atoms with van der Waals surface area (Å²) in [7, 11) is 1.55. The first-order valence-corrected chi connectivity index (χ1v) is 11.0. The summed E-state index contributed by atoms with van der Waals surface area (Å²) in [5, 5.41) is 15.1. The summed E-state index contributed by atoms with van der Waals surface area (Å²) in [6.45, 7) is 3.74. The van der Waals surface area contributed by atoms with Crippen molar-refractivity contribution in [3.05, 3.63) is 87.9 Å². The summed E-state index contributed by atoms with van der Waals surface area (Å²) < 4.78 is 10.6. The van der Waals surface area contributed by atoms with E-state index in [-0.39, 0.29) is 23.1 Å². The summed E-state index contributed by atoms with van der Waals surface area (Å²) in [6.07, 6.45) is 1.42. The average molecular weight is 490 g/mol. The Hall–Kier alpha value is -4.28. The van der Waals surface area contributed by atoms with E-state index in [1.54, 1.807) is 49.6 Å². The van der Waals surface area contributed by atoms with Crippen molar-refractivity contribution in [1.29, 1.82) is 5.26 Å². The van der Waals surface area contributed by atoms with Crippen LogP contribution in [-0.4, -0.2) is 25.5 Å².